The van der Waals surface area contributed by atoms with Crippen LogP contribution in [-0.4, -0.2) is 22.8 Å². The second-order valence-electron chi connectivity index (χ2n) is 4.04. The van der Waals surface area contributed by atoms with Gasteiger partial charge in [0.1, 0.15) is 5.76 Å². The van der Waals surface area contributed by atoms with Crippen LogP contribution >= 0.6 is 0 Å². The van der Waals surface area contributed by atoms with Crippen molar-refractivity contribution in [1.82, 2.24) is 0 Å². The van der Waals surface area contributed by atoms with Crippen LogP contribution in [0.4, 0.5) is 0 Å². The van der Waals surface area contributed by atoms with E-state index in [1.165, 1.54) is 0 Å². The molecule has 0 radical (unpaired) electrons. The highest BCUT2D eigenvalue weighted by Gasteiger charge is 2.06. The van der Waals surface area contributed by atoms with Gasteiger partial charge in [0, 0.05) is 5.56 Å². The van der Waals surface area contributed by atoms with E-state index in [0.717, 1.165) is 16.9 Å². The van der Waals surface area contributed by atoms with Gasteiger partial charge in [-0.05, 0) is 25.6 Å². The van der Waals surface area contributed by atoms with Crippen molar-refractivity contribution < 1.29 is 9.16 Å². The van der Waals surface area contributed by atoms with E-state index in [9.17, 15) is 0 Å². The largest absolute Gasteiger partial charge is 0.496 e. The third-order valence-electron chi connectivity index (χ3n) is 2.26. The van der Waals surface area contributed by atoms with Crippen LogP contribution in [0.15, 0.2) is 35.9 Å². The van der Waals surface area contributed by atoms with Crippen molar-refractivity contribution in [3.8, 4) is 0 Å². The maximum atomic E-state index is 5.71. The van der Waals surface area contributed by atoms with Gasteiger partial charge < -0.3 is 9.16 Å². The Morgan fingerprint density at radius 3 is 2.31 bits per heavy atom. The Labute approximate surface area is 99.6 Å². The lowest BCUT2D eigenvalue weighted by molar-refractivity contribution is 0.337. The van der Waals surface area contributed by atoms with E-state index in [1.54, 1.807) is 7.11 Å². The van der Waals surface area contributed by atoms with E-state index < -0.39 is 9.04 Å². The molecular formula is C13H20O2Si. The Morgan fingerprint density at radius 2 is 1.81 bits per heavy atom. The van der Waals surface area contributed by atoms with E-state index in [1.807, 2.05) is 18.2 Å². The van der Waals surface area contributed by atoms with Crippen LogP contribution in [0.1, 0.15) is 12.5 Å². The van der Waals surface area contributed by atoms with Crippen molar-refractivity contribution >= 4 is 14.8 Å². The minimum Gasteiger partial charge on any atom is -0.496 e. The molecule has 0 atom stereocenters. The zero-order valence-electron chi connectivity index (χ0n) is 10.5. The minimum absolute atomic E-state index is 0.669. The van der Waals surface area contributed by atoms with Gasteiger partial charge in [-0.15, -0.1) is 0 Å². The van der Waals surface area contributed by atoms with Crippen LogP contribution in [0.3, 0.4) is 0 Å². The first-order valence-electron chi connectivity index (χ1n) is 5.56. The summed E-state index contributed by atoms with van der Waals surface area (Å²) in [5.74, 6) is 0.926. The van der Waals surface area contributed by atoms with Gasteiger partial charge in [-0.2, -0.15) is 0 Å². The molecule has 0 N–H and O–H groups in total. The second kappa shape index (κ2) is 6.50. The van der Waals surface area contributed by atoms with Gasteiger partial charge in [0.15, 0.2) is 9.04 Å². The molecule has 0 saturated carbocycles. The maximum absolute atomic E-state index is 5.71. The smallest absolute Gasteiger partial charge is 0.171 e. The molecule has 88 valence electrons. The summed E-state index contributed by atoms with van der Waals surface area (Å²) >= 11 is 0. The summed E-state index contributed by atoms with van der Waals surface area (Å²) < 4.78 is 11.2. The van der Waals surface area contributed by atoms with E-state index in [0.29, 0.717) is 6.61 Å². The lowest BCUT2D eigenvalue weighted by atomic mass is 10.1. The predicted octanol–water partition coefficient (Wildman–Crippen LogP) is 3.06. The van der Waals surface area contributed by atoms with Crippen molar-refractivity contribution in [2.75, 3.05) is 13.7 Å². The Bertz CT molecular complexity index is 344. The standard InChI is InChI=1S/C13H20O2Si/c1-11(10-15-16(3)4)13(14-2)12-8-6-5-7-9-12/h5-9,16H,10H2,1-4H3/b13-11-. The molecule has 0 aliphatic rings. The van der Waals surface area contributed by atoms with Crippen LogP contribution < -0.4 is 0 Å². The maximum Gasteiger partial charge on any atom is 0.171 e. The quantitative estimate of drug-likeness (QED) is 0.578. The number of rotatable bonds is 5. The summed E-state index contributed by atoms with van der Waals surface area (Å²) in [6.45, 7) is 7.06. The molecule has 0 fully saturated rings. The van der Waals surface area contributed by atoms with Crippen molar-refractivity contribution in [3.05, 3.63) is 41.5 Å². The summed E-state index contributed by atoms with van der Waals surface area (Å²) in [5.41, 5.74) is 2.26. The van der Waals surface area contributed by atoms with Gasteiger partial charge in [-0.1, -0.05) is 30.3 Å². The molecule has 0 unspecified atom stereocenters. The summed E-state index contributed by atoms with van der Waals surface area (Å²) in [4.78, 5) is 0. The van der Waals surface area contributed by atoms with Crippen molar-refractivity contribution in [2.24, 2.45) is 0 Å². The predicted molar refractivity (Wildman–Crippen MR) is 70.9 cm³/mol. The van der Waals surface area contributed by atoms with Gasteiger partial charge in [0.2, 0.25) is 0 Å². The molecule has 0 bridgehead atoms. The van der Waals surface area contributed by atoms with Gasteiger partial charge in [0.05, 0.1) is 13.7 Å². The first kappa shape index (κ1) is 13.0. The molecule has 0 aliphatic heterocycles. The Morgan fingerprint density at radius 1 is 1.19 bits per heavy atom. The molecule has 1 aromatic rings. The Kier molecular flexibility index (Phi) is 5.29. The molecular weight excluding hydrogens is 216 g/mol. The minimum atomic E-state index is -0.963. The van der Waals surface area contributed by atoms with E-state index >= 15 is 0 Å². The van der Waals surface area contributed by atoms with Crippen LogP contribution in [0.5, 0.6) is 0 Å². The highest BCUT2D eigenvalue weighted by atomic mass is 28.3. The van der Waals surface area contributed by atoms with Gasteiger partial charge in [-0.25, -0.2) is 0 Å². The number of hydrogen-bond donors (Lipinski definition) is 0. The molecule has 0 amide bonds. The summed E-state index contributed by atoms with van der Waals surface area (Å²) in [7, 11) is 0.744. The fourth-order valence-corrected chi connectivity index (χ4v) is 2.07. The number of ether oxygens (including phenoxy) is 1. The average molecular weight is 236 g/mol. The van der Waals surface area contributed by atoms with E-state index in [-0.39, 0.29) is 0 Å². The first-order valence-corrected chi connectivity index (χ1v) is 8.34. The molecule has 0 heterocycles. The monoisotopic (exact) mass is 236 g/mol. The molecule has 3 heteroatoms. The summed E-state index contributed by atoms with van der Waals surface area (Å²) in [6, 6.07) is 10.1. The van der Waals surface area contributed by atoms with Gasteiger partial charge >= 0.3 is 0 Å². The zero-order valence-corrected chi connectivity index (χ0v) is 11.6. The zero-order chi connectivity index (χ0) is 12.0. The fourth-order valence-electron chi connectivity index (χ4n) is 1.49. The van der Waals surface area contributed by atoms with E-state index in [4.69, 9.17) is 9.16 Å². The number of methoxy groups -OCH3 is 1. The highest BCUT2D eigenvalue weighted by Crippen LogP contribution is 2.19. The number of benzene rings is 1. The van der Waals surface area contributed by atoms with Crippen LogP contribution in [0, 0.1) is 0 Å². The first-order chi connectivity index (χ1) is 7.65. The van der Waals surface area contributed by atoms with Crippen LogP contribution in [0.2, 0.25) is 13.1 Å². The molecule has 0 aromatic heterocycles. The molecule has 2 nitrogen and oxygen atoms in total. The second-order valence-corrected chi connectivity index (χ2v) is 6.47. The molecule has 0 aliphatic carbocycles. The molecule has 0 spiro atoms. The molecule has 16 heavy (non-hydrogen) atoms. The van der Waals surface area contributed by atoms with Crippen LogP contribution in [0.25, 0.3) is 5.76 Å². The summed E-state index contributed by atoms with van der Waals surface area (Å²) in [5, 5.41) is 0. The van der Waals surface area contributed by atoms with Crippen molar-refractivity contribution in [1.29, 1.82) is 0 Å². The topological polar surface area (TPSA) is 18.5 Å². The van der Waals surface area contributed by atoms with E-state index in [2.05, 4.69) is 32.2 Å². The molecule has 0 saturated heterocycles. The lowest BCUT2D eigenvalue weighted by Crippen LogP contribution is -2.10. The van der Waals surface area contributed by atoms with Crippen LogP contribution in [-0.2, 0) is 9.16 Å². The Balaban J connectivity index is 2.83. The third kappa shape index (κ3) is 3.83. The van der Waals surface area contributed by atoms with Crippen molar-refractivity contribution in [3.63, 3.8) is 0 Å². The lowest BCUT2D eigenvalue weighted by Gasteiger charge is -2.13. The molecule has 1 aromatic carbocycles. The normalized spacial score (nSPS) is 12.6. The SMILES string of the molecule is CO/C(=C(/C)CO[SiH](C)C)c1ccccc1. The molecule has 1 rings (SSSR count). The van der Waals surface area contributed by atoms with Gasteiger partial charge in [-0.3, -0.25) is 0 Å². The number of hydrogen-bond acceptors (Lipinski definition) is 2. The Hall–Kier alpha value is -1.06. The average Bonchev–Trinajstić information content (AvgIpc) is 2.29. The summed E-state index contributed by atoms with van der Waals surface area (Å²) in [6.07, 6.45) is 0. The van der Waals surface area contributed by atoms with Gasteiger partial charge in [0.25, 0.3) is 0 Å². The van der Waals surface area contributed by atoms with Crippen molar-refractivity contribution in [2.45, 2.75) is 20.0 Å². The highest BCUT2D eigenvalue weighted by molar-refractivity contribution is 6.48. The third-order valence-corrected chi connectivity index (χ3v) is 3.09. The fraction of sp³-hybridized carbons (Fsp3) is 0.385.